The summed E-state index contributed by atoms with van der Waals surface area (Å²) in [5.74, 6) is -0.396. The molecule has 0 atom stereocenters. The molecule has 0 saturated carbocycles. The van der Waals surface area contributed by atoms with Crippen LogP contribution in [0, 0.1) is 11.3 Å². The average Bonchev–Trinajstić information content (AvgIpc) is 3.04. The monoisotopic (exact) mass is 301 g/mol. The minimum Gasteiger partial charge on any atom is -0.457 e. The minimum atomic E-state index is -0.396. The van der Waals surface area contributed by atoms with Crippen molar-refractivity contribution < 1.29 is 9.53 Å². The van der Waals surface area contributed by atoms with Gasteiger partial charge in [-0.25, -0.2) is 4.79 Å². The summed E-state index contributed by atoms with van der Waals surface area (Å²) >= 11 is 7.34. The van der Waals surface area contributed by atoms with Gasteiger partial charge >= 0.3 is 5.97 Å². The quantitative estimate of drug-likeness (QED) is 0.794. The molecule has 5 heteroatoms. The Morgan fingerprint density at radius 2 is 2.05 bits per heavy atom. The second kappa shape index (κ2) is 5.12. The zero-order valence-corrected chi connectivity index (χ0v) is 11.8. The SMILES string of the molecule is N#Cc1ccccc1C1=C(c2ccc(Cl)s2)COC1=O. The van der Waals surface area contributed by atoms with E-state index in [0.717, 1.165) is 10.5 Å². The lowest BCUT2D eigenvalue weighted by atomic mass is 9.97. The number of cyclic esters (lactones) is 1. The van der Waals surface area contributed by atoms with Crippen LogP contribution in [0.2, 0.25) is 4.34 Å². The van der Waals surface area contributed by atoms with Crippen molar-refractivity contribution in [1.29, 1.82) is 5.26 Å². The van der Waals surface area contributed by atoms with E-state index in [1.165, 1.54) is 11.3 Å². The molecule has 1 aliphatic rings. The molecule has 98 valence electrons. The number of esters is 1. The third-order valence-corrected chi connectivity index (χ3v) is 4.33. The molecule has 0 unspecified atom stereocenters. The molecule has 1 aromatic carbocycles. The molecule has 0 spiro atoms. The van der Waals surface area contributed by atoms with Gasteiger partial charge < -0.3 is 4.74 Å². The topological polar surface area (TPSA) is 50.1 Å². The van der Waals surface area contributed by atoms with E-state index < -0.39 is 5.97 Å². The lowest BCUT2D eigenvalue weighted by Crippen LogP contribution is -2.00. The first-order chi connectivity index (χ1) is 9.70. The number of nitrogens with zero attached hydrogens (tertiary/aromatic N) is 1. The Labute approximate surface area is 124 Å². The summed E-state index contributed by atoms with van der Waals surface area (Å²) in [6, 6.07) is 12.8. The predicted molar refractivity (Wildman–Crippen MR) is 78.3 cm³/mol. The maximum absolute atomic E-state index is 12.0. The van der Waals surface area contributed by atoms with Crippen LogP contribution in [-0.2, 0) is 9.53 Å². The highest BCUT2D eigenvalue weighted by Gasteiger charge is 2.29. The zero-order valence-electron chi connectivity index (χ0n) is 10.2. The number of carbonyl (C=O) groups is 1. The van der Waals surface area contributed by atoms with Gasteiger partial charge in [0, 0.05) is 16.0 Å². The first-order valence-corrected chi connectivity index (χ1v) is 7.05. The van der Waals surface area contributed by atoms with Crippen molar-refractivity contribution in [3.05, 3.63) is 56.7 Å². The molecule has 0 amide bonds. The first-order valence-electron chi connectivity index (χ1n) is 5.86. The molecule has 20 heavy (non-hydrogen) atoms. The zero-order chi connectivity index (χ0) is 14.1. The molecule has 0 radical (unpaired) electrons. The Morgan fingerprint density at radius 3 is 2.75 bits per heavy atom. The van der Waals surface area contributed by atoms with Crippen LogP contribution in [0.5, 0.6) is 0 Å². The fraction of sp³-hybridized carbons (Fsp3) is 0.0667. The number of hydrogen-bond donors (Lipinski definition) is 0. The Kier molecular flexibility index (Phi) is 3.31. The van der Waals surface area contributed by atoms with E-state index in [-0.39, 0.29) is 6.61 Å². The van der Waals surface area contributed by atoms with Crippen molar-refractivity contribution in [2.45, 2.75) is 0 Å². The van der Waals surface area contributed by atoms with E-state index in [0.29, 0.717) is 21.0 Å². The number of nitriles is 1. The molecule has 1 aliphatic heterocycles. The lowest BCUT2D eigenvalue weighted by Gasteiger charge is -2.04. The summed E-state index contributed by atoms with van der Waals surface area (Å²) in [6.07, 6.45) is 0. The standard InChI is InChI=1S/C15H8ClNO2S/c16-13-6-5-12(20-13)11-8-19-15(18)14(11)10-4-2-1-3-9(10)7-17/h1-6H,8H2. The van der Waals surface area contributed by atoms with Gasteiger partial charge in [0.2, 0.25) is 0 Å². The van der Waals surface area contributed by atoms with Crippen molar-refractivity contribution in [3.8, 4) is 6.07 Å². The highest BCUT2D eigenvalue weighted by atomic mass is 35.5. The van der Waals surface area contributed by atoms with Crippen molar-refractivity contribution in [3.63, 3.8) is 0 Å². The van der Waals surface area contributed by atoms with Crippen molar-refractivity contribution >= 4 is 40.1 Å². The third-order valence-electron chi connectivity index (χ3n) is 3.04. The first kappa shape index (κ1) is 12.9. The molecular weight excluding hydrogens is 294 g/mol. The summed E-state index contributed by atoms with van der Waals surface area (Å²) in [5, 5.41) is 9.18. The van der Waals surface area contributed by atoms with E-state index in [1.807, 2.05) is 6.07 Å². The van der Waals surface area contributed by atoms with Gasteiger partial charge in [-0.3, -0.25) is 0 Å². The molecule has 0 aliphatic carbocycles. The van der Waals surface area contributed by atoms with Gasteiger partial charge in [-0.2, -0.15) is 5.26 Å². The van der Waals surface area contributed by atoms with E-state index in [9.17, 15) is 10.1 Å². The Morgan fingerprint density at radius 1 is 1.25 bits per heavy atom. The summed E-state index contributed by atoms with van der Waals surface area (Å²) in [7, 11) is 0. The minimum absolute atomic E-state index is 0.213. The van der Waals surface area contributed by atoms with E-state index in [1.54, 1.807) is 30.3 Å². The van der Waals surface area contributed by atoms with Crippen LogP contribution >= 0.6 is 22.9 Å². The smallest absolute Gasteiger partial charge is 0.339 e. The molecule has 1 aromatic heterocycles. The van der Waals surface area contributed by atoms with Crippen LogP contribution in [0.25, 0.3) is 11.1 Å². The van der Waals surface area contributed by atoms with Gasteiger partial charge in [0.05, 0.1) is 21.5 Å². The van der Waals surface area contributed by atoms with Crippen LogP contribution in [0.15, 0.2) is 36.4 Å². The molecule has 2 aromatic rings. The summed E-state index contributed by atoms with van der Waals surface area (Å²) in [5.41, 5.74) is 2.31. The van der Waals surface area contributed by atoms with Gasteiger partial charge in [-0.05, 0) is 18.2 Å². The summed E-state index contributed by atoms with van der Waals surface area (Å²) < 4.78 is 5.79. The maximum atomic E-state index is 12.0. The van der Waals surface area contributed by atoms with E-state index >= 15 is 0 Å². The average molecular weight is 302 g/mol. The molecular formula is C15H8ClNO2S. The van der Waals surface area contributed by atoms with Crippen LogP contribution in [-0.4, -0.2) is 12.6 Å². The van der Waals surface area contributed by atoms with Gasteiger partial charge in [-0.15, -0.1) is 11.3 Å². The van der Waals surface area contributed by atoms with Crippen LogP contribution in [0.3, 0.4) is 0 Å². The van der Waals surface area contributed by atoms with Crippen LogP contribution in [0.1, 0.15) is 16.0 Å². The van der Waals surface area contributed by atoms with Crippen molar-refractivity contribution in [1.82, 2.24) is 0 Å². The number of rotatable bonds is 2. The fourth-order valence-electron chi connectivity index (χ4n) is 2.15. The van der Waals surface area contributed by atoms with Gasteiger partial charge in [-0.1, -0.05) is 29.8 Å². The van der Waals surface area contributed by atoms with Crippen molar-refractivity contribution in [2.75, 3.05) is 6.61 Å². The maximum Gasteiger partial charge on any atom is 0.339 e. The summed E-state index contributed by atoms with van der Waals surface area (Å²) in [4.78, 5) is 12.9. The molecule has 0 saturated heterocycles. The highest BCUT2D eigenvalue weighted by Crippen LogP contribution is 2.38. The lowest BCUT2D eigenvalue weighted by molar-refractivity contribution is -0.133. The number of benzene rings is 1. The highest BCUT2D eigenvalue weighted by molar-refractivity contribution is 7.17. The molecule has 2 heterocycles. The largest absolute Gasteiger partial charge is 0.457 e. The van der Waals surface area contributed by atoms with Crippen molar-refractivity contribution in [2.24, 2.45) is 0 Å². The number of halogens is 1. The number of thiophene rings is 1. The Hall–Kier alpha value is -2.09. The van der Waals surface area contributed by atoms with Crippen LogP contribution in [0.4, 0.5) is 0 Å². The number of ether oxygens (including phenoxy) is 1. The normalized spacial score (nSPS) is 14.3. The summed E-state index contributed by atoms with van der Waals surface area (Å²) in [6.45, 7) is 0.213. The fourth-order valence-corrected chi connectivity index (χ4v) is 3.23. The second-order valence-corrected chi connectivity index (χ2v) is 5.91. The van der Waals surface area contributed by atoms with Crippen LogP contribution < -0.4 is 0 Å². The molecule has 3 rings (SSSR count). The van der Waals surface area contributed by atoms with Gasteiger partial charge in [0.25, 0.3) is 0 Å². The third kappa shape index (κ3) is 2.11. The molecule has 3 nitrogen and oxygen atoms in total. The Bertz CT molecular complexity index is 770. The number of hydrogen-bond acceptors (Lipinski definition) is 4. The van der Waals surface area contributed by atoms with E-state index in [2.05, 4.69) is 6.07 Å². The second-order valence-electron chi connectivity index (χ2n) is 4.19. The predicted octanol–water partition coefficient (Wildman–Crippen LogP) is 3.74. The molecule has 0 bridgehead atoms. The van der Waals surface area contributed by atoms with Gasteiger partial charge in [0.1, 0.15) is 6.61 Å². The van der Waals surface area contributed by atoms with E-state index in [4.69, 9.17) is 16.3 Å². The number of carbonyl (C=O) groups excluding carboxylic acids is 1. The molecule has 0 fully saturated rings. The van der Waals surface area contributed by atoms with Gasteiger partial charge in [0.15, 0.2) is 0 Å². The Balaban J connectivity index is 2.22. The molecule has 0 N–H and O–H groups in total.